The molecule has 16 heavy (non-hydrogen) atoms. The van der Waals surface area contributed by atoms with Crippen LogP contribution in [0.15, 0.2) is 5.38 Å². The molecule has 0 bridgehead atoms. The van der Waals surface area contributed by atoms with Crippen LogP contribution < -0.4 is 5.73 Å². The van der Waals surface area contributed by atoms with Gasteiger partial charge in [-0.05, 0) is 18.8 Å². The first-order chi connectivity index (χ1) is 7.74. The van der Waals surface area contributed by atoms with E-state index in [0.717, 1.165) is 31.7 Å². The molecular weight excluding hydrogens is 224 g/mol. The fourth-order valence-electron chi connectivity index (χ4n) is 1.95. The average Bonchev–Trinajstić information content (AvgIpc) is 2.65. The van der Waals surface area contributed by atoms with E-state index in [1.165, 1.54) is 11.3 Å². The van der Waals surface area contributed by atoms with Crippen LogP contribution in [0.1, 0.15) is 25.0 Å². The number of ketones is 1. The molecule has 1 aliphatic rings. The van der Waals surface area contributed by atoms with E-state index < -0.39 is 0 Å². The summed E-state index contributed by atoms with van der Waals surface area (Å²) in [6.07, 6.45) is 3.09. The van der Waals surface area contributed by atoms with Crippen LogP contribution in [-0.4, -0.2) is 24.0 Å². The number of nitrogens with zero attached hydrogens (tertiary/aromatic N) is 1. The molecule has 0 saturated carbocycles. The Morgan fingerprint density at radius 1 is 1.56 bits per heavy atom. The first kappa shape index (κ1) is 11.5. The molecule has 2 rings (SSSR count). The number of nitrogens with two attached hydrogens (primary N) is 1. The Morgan fingerprint density at radius 3 is 2.94 bits per heavy atom. The molecule has 0 atom stereocenters. The summed E-state index contributed by atoms with van der Waals surface area (Å²) in [6, 6.07) is 0. The largest absolute Gasteiger partial charge is 0.381 e. The van der Waals surface area contributed by atoms with Gasteiger partial charge in [0, 0.05) is 31.4 Å². The quantitative estimate of drug-likeness (QED) is 0.869. The summed E-state index contributed by atoms with van der Waals surface area (Å²) >= 11 is 1.39. The lowest BCUT2D eigenvalue weighted by Gasteiger charge is -2.20. The lowest BCUT2D eigenvalue weighted by molar-refractivity contribution is -0.120. The van der Waals surface area contributed by atoms with Crippen LogP contribution in [0.5, 0.6) is 0 Å². The van der Waals surface area contributed by atoms with Crippen molar-refractivity contribution in [2.24, 2.45) is 5.92 Å². The minimum atomic E-state index is 0.261. The number of thiazole rings is 1. The van der Waals surface area contributed by atoms with E-state index >= 15 is 0 Å². The molecule has 5 heteroatoms. The molecule has 2 heterocycles. The molecule has 1 aliphatic heterocycles. The van der Waals surface area contributed by atoms with Gasteiger partial charge in [0.05, 0.1) is 5.69 Å². The third-order valence-corrected chi connectivity index (χ3v) is 3.53. The number of hydrogen-bond acceptors (Lipinski definition) is 5. The van der Waals surface area contributed by atoms with Gasteiger partial charge in [0.15, 0.2) is 5.13 Å². The number of hydrogen-bond donors (Lipinski definition) is 1. The summed E-state index contributed by atoms with van der Waals surface area (Å²) < 4.78 is 5.26. The normalized spacial score (nSPS) is 17.5. The highest BCUT2D eigenvalue weighted by atomic mass is 32.1. The summed E-state index contributed by atoms with van der Waals surface area (Å²) in [6.45, 7) is 1.59. The Morgan fingerprint density at radius 2 is 2.31 bits per heavy atom. The second-order valence-corrected chi connectivity index (χ2v) is 5.04. The smallest absolute Gasteiger partial charge is 0.180 e. The molecule has 1 aromatic heterocycles. The summed E-state index contributed by atoms with van der Waals surface area (Å²) in [7, 11) is 0. The number of ether oxygens (including phenoxy) is 1. The van der Waals surface area contributed by atoms with Gasteiger partial charge in [-0.2, -0.15) is 0 Å². The lowest BCUT2D eigenvalue weighted by atomic mass is 9.93. The zero-order valence-corrected chi connectivity index (χ0v) is 9.96. The van der Waals surface area contributed by atoms with Crippen molar-refractivity contribution in [3.05, 3.63) is 11.1 Å². The number of Topliss-reactive ketones (excluding diaryl/α,β-unsaturated/α-hetero) is 1. The number of anilines is 1. The Balaban J connectivity index is 1.79. The molecule has 88 valence electrons. The summed E-state index contributed by atoms with van der Waals surface area (Å²) in [5.41, 5.74) is 6.32. The van der Waals surface area contributed by atoms with Crippen molar-refractivity contribution in [3.8, 4) is 0 Å². The van der Waals surface area contributed by atoms with E-state index in [1.54, 1.807) is 0 Å². The first-order valence-electron chi connectivity index (χ1n) is 5.53. The van der Waals surface area contributed by atoms with Gasteiger partial charge < -0.3 is 10.5 Å². The predicted octanol–water partition coefficient (Wildman–Crippen LogP) is 1.65. The van der Waals surface area contributed by atoms with Gasteiger partial charge in [0.25, 0.3) is 0 Å². The number of aromatic nitrogens is 1. The molecule has 0 radical (unpaired) electrons. The minimum absolute atomic E-state index is 0.261. The zero-order chi connectivity index (χ0) is 11.4. The molecular formula is C11H16N2O2S. The SMILES string of the molecule is Nc1nc(CC(=O)CC2CCOCC2)cs1. The van der Waals surface area contributed by atoms with Crippen LogP contribution in [0.3, 0.4) is 0 Å². The van der Waals surface area contributed by atoms with Crippen LogP contribution in [-0.2, 0) is 16.0 Å². The molecule has 0 aliphatic carbocycles. The Bertz CT molecular complexity index is 359. The van der Waals surface area contributed by atoms with Crippen LogP contribution in [0.2, 0.25) is 0 Å². The minimum Gasteiger partial charge on any atom is -0.381 e. The second-order valence-electron chi connectivity index (χ2n) is 4.15. The van der Waals surface area contributed by atoms with Crippen LogP contribution >= 0.6 is 11.3 Å². The van der Waals surface area contributed by atoms with Crippen molar-refractivity contribution >= 4 is 22.3 Å². The molecule has 0 aromatic carbocycles. The van der Waals surface area contributed by atoms with Gasteiger partial charge in [0.2, 0.25) is 0 Å². The fraction of sp³-hybridized carbons (Fsp3) is 0.636. The number of carbonyl (C=O) groups excluding carboxylic acids is 1. The Hall–Kier alpha value is -0.940. The van der Waals surface area contributed by atoms with Gasteiger partial charge in [-0.25, -0.2) is 4.98 Å². The maximum Gasteiger partial charge on any atom is 0.180 e. The van der Waals surface area contributed by atoms with Crippen molar-refractivity contribution in [1.29, 1.82) is 0 Å². The van der Waals surface area contributed by atoms with Gasteiger partial charge in [-0.1, -0.05) is 0 Å². The van der Waals surface area contributed by atoms with Crippen molar-refractivity contribution in [2.75, 3.05) is 18.9 Å². The van der Waals surface area contributed by atoms with Gasteiger partial charge in [-0.3, -0.25) is 4.79 Å². The van der Waals surface area contributed by atoms with E-state index in [2.05, 4.69) is 4.98 Å². The van der Waals surface area contributed by atoms with Gasteiger partial charge in [0.1, 0.15) is 5.78 Å². The highest BCUT2D eigenvalue weighted by Gasteiger charge is 2.18. The van der Waals surface area contributed by atoms with E-state index in [-0.39, 0.29) is 5.78 Å². The van der Waals surface area contributed by atoms with E-state index in [1.807, 2.05) is 5.38 Å². The Labute approximate surface area is 98.8 Å². The fourth-order valence-corrected chi connectivity index (χ4v) is 2.51. The highest BCUT2D eigenvalue weighted by molar-refractivity contribution is 7.13. The van der Waals surface area contributed by atoms with Crippen molar-refractivity contribution < 1.29 is 9.53 Å². The lowest BCUT2D eigenvalue weighted by Crippen LogP contribution is -2.19. The van der Waals surface area contributed by atoms with Crippen LogP contribution in [0, 0.1) is 5.92 Å². The third kappa shape index (κ3) is 3.28. The topological polar surface area (TPSA) is 65.2 Å². The molecule has 0 unspecified atom stereocenters. The van der Waals surface area contributed by atoms with Crippen molar-refractivity contribution in [3.63, 3.8) is 0 Å². The number of carbonyl (C=O) groups is 1. The standard InChI is InChI=1S/C11H16N2O2S/c12-11-13-9(7-16-11)6-10(14)5-8-1-3-15-4-2-8/h7-8H,1-6H2,(H2,12,13). The first-order valence-corrected chi connectivity index (χ1v) is 6.41. The molecule has 1 fully saturated rings. The van der Waals surface area contributed by atoms with Crippen molar-refractivity contribution in [2.45, 2.75) is 25.7 Å². The summed E-state index contributed by atoms with van der Waals surface area (Å²) in [4.78, 5) is 15.9. The molecule has 0 amide bonds. The van der Waals surface area contributed by atoms with E-state index in [9.17, 15) is 4.79 Å². The average molecular weight is 240 g/mol. The molecule has 1 aromatic rings. The second kappa shape index (κ2) is 5.41. The van der Waals surface area contributed by atoms with Gasteiger partial charge >= 0.3 is 0 Å². The monoisotopic (exact) mass is 240 g/mol. The van der Waals surface area contributed by atoms with Crippen LogP contribution in [0.4, 0.5) is 5.13 Å². The summed E-state index contributed by atoms with van der Waals surface area (Å²) in [5.74, 6) is 0.759. The Kier molecular flexibility index (Phi) is 3.90. The highest BCUT2D eigenvalue weighted by Crippen LogP contribution is 2.20. The molecule has 4 nitrogen and oxygen atoms in total. The van der Waals surface area contributed by atoms with E-state index in [0.29, 0.717) is 23.9 Å². The number of nitrogen functional groups attached to an aromatic ring is 1. The summed E-state index contributed by atoms with van der Waals surface area (Å²) in [5, 5.41) is 2.39. The van der Waals surface area contributed by atoms with Crippen LogP contribution in [0.25, 0.3) is 0 Å². The third-order valence-electron chi connectivity index (χ3n) is 2.81. The molecule has 1 saturated heterocycles. The zero-order valence-electron chi connectivity index (χ0n) is 9.15. The maximum atomic E-state index is 11.8. The maximum absolute atomic E-state index is 11.8. The van der Waals surface area contributed by atoms with Gasteiger partial charge in [-0.15, -0.1) is 11.3 Å². The molecule has 0 spiro atoms. The predicted molar refractivity (Wildman–Crippen MR) is 63.4 cm³/mol. The van der Waals surface area contributed by atoms with E-state index in [4.69, 9.17) is 10.5 Å². The number of rotatable bonds is 4. The molecule has 2 N–H and O–H groups in total. The van der Waals surface area contributed by atoms with Crippen molar-refractivity contribution in [1.82, 2.24) is 4.98 Å².